The van der Waals surface area contributed by atoms with Crippen LogP contribution in [0.2, 0.25) is 0 Å². The second-order valence-electron chi connectivity index (χ2n) is 9.28. The lowest BCUT2D eigenvalue weighted by molar-refractivity contribution is -0.140. The first-order valence-electron chi connectivity index (χ1n) is 12.5. The molecule has 2 amide bonds. The molecule has 0 aliphatic carbocycles. The molecule has 0 saturated heterocycles. The number of sulfonamides is 1. The first kappa shape index (κ1) is 28.8. The minimum atomic E-state index is -3.90. The second kappa shape index (κ2) is 13.2. The second-order valence-corrected chi connectivity index (χ2v) is 11.2. The summed E-state index contributed by atoms with van der Waals surface area (Å²) in [5.74, 6) is -1.40. The maximum atomic E-state index is 13.9. The molecule has 2 atom stereocenters. The first-order valence-corrected chi connectivity index (χ1v) is 14.3. The number of amides is 2. The summed E-state index contributed by atoms with van der Waals surface area (Å²) in [6.07, 6.45) is 1.95. The Morgan fingerprint density at radius 1 is 0.895 bits per heavy atom. The standard InChI is InChI=1S/C29H34FN3O4S/c1-4-22(2)31-29(35)27(19-23-11-7-5-8-12-23)32(20-24-13-9-6-10-14-24)28(34)21-33(38(3,36)37)26-17-15-25(30)16-18-26/h5-18,22,27H,4,19-21H2,1-3H3,(H,31,35)/t22-,27+/m0/s1. The van der Waals surface area contributed by atoms with Gasteiger partial charge in [0.1, 0.15) is 18.4 Å². The molecule has 7 nitrogen and oxygen atoms in total. The fraction of sp³-hybridized carbons (Fsp3) is 0.310. The van der Waals surface area contributed by atoms with Gasteiger partial charge in [0.05, 0.1) is 11.9 Å². The van der Waals surface area contributed by atoms with Gasteiger partial charge in [-0.05, 0) is 48.7 Å². The van der Waals surface area contributed by atoms with Crippen LogP contribution in [-0.2, 0) is 32.6 Å². The first-order chi connectivity index (χ1) is 18.1. The highest BCUT2D eigenvalue weighted by Gasteiger charge is 2.33. The quantitative estimate of drug-likeness (QED) is 0.375. The fourth-order valence-corrected chi connectivity index (χ4v) is 4.85. The van der Waals surface area contributed by atoms with Gasteiger partial charge in [-0.25, -0.2) is 12.8 Å². The molecule has 3 rings (SSSR count). The molecule has 0 heterocycles. The highest BCUT2D eigenvalue weighted by Crippen LogP contribution is 2.21. The highest BCUT2D eigenvalue weighted by atomic mass is 32.2. The number of halogens is 1. The molecule has 1 N–H and O–H groups in total. The normalized spacial score (nSPS) is 12.8. The summed E-state index contributed by atoms with van der Waals surface area (Å²) < 4.78 is 39.8. The van der Waals surface area contributed by atoms with Crippen molar-refractivity contribution in [2.75, 3.05) is 17.1 Å². The van der Waals surface area contributed by atoms with Gasteiger partial charge in [0.2, 0.25) is 21.8 Å². The van der Waals surface area contributed by atoms with Crippen molar-refractivity contribution in [2.45, 2.75) is 45.3 Å². The summed E-state index contributed by atoms with van der Waals surface area (Å²) in [5.41, 5.74) is 1.81. The number of nitrogens with zero attached hydrogens (tertiary/aromatic N) is 2. The van der Waals surface area contributed by atoms with E-state index in [9.17, 15) is 22.4 Å². The van der Waals surface area contributed by atoms with Crippen molar-refractivity contribution < 1.29 is 22.4 Å². The summed E-state index contributed by atoms with van der Waals surface area (Å²) in [7, 11) is -3.90. The van der Waals surface area contributed by atoms with Gasteiger partial charge in [0.15, 0.2) is 0 Å². The van der Waals surface area contributed by atoms with Gasteiger partial charge in [-0.2, -0.15) is 0 Å². The Bertz CT molecular complexity index is 1300. The van der Waals surface area contributed by atoms with Crippen molar-refractivity contribution in [1.82, 2.24) is 10.2 Å². The van der Waals surface area contributed by atoms with E-state index in [1.807, 2.05) is 74.5 Å². The summed E-state index contributed by atoms with van der Waals surface area (Å²) in [4.78, 5) is 28.9. The van der Waals surface area contributed by atoms with Crippen LogP contribution in [0, 0.1) is 5.82 Å². The average molecular weight is 540 g/mol. The van der Waals surface area contributed by atoms with Crippen molar-refractivity contribution in [3.05, 3.63) is 102 Å². The van der Waals surface area contributed by atoms with Gasteiger partial charge in [-0.15, -0.1) is 0 Å². The molecule has 0 spiro atoms. The number of carbonyl (C=O) groups is 2. The minimum Gasteiger partial charge on any atom is -0.352 e. The molecule has 0 aliphatic heterocycles. The van der Waals surface area contributed by atoms with E-state index in [2.05, 4.69) is 5.32 Å². The molecule has 202 valence electrons. The van der Waals surface area contributed by atoms with Gasteiger partial charge in [-0.3, -0.25) is 13.9 Å². The molecule has 3 aromatic carbocycles. The molecule has 0 radical (unpaired) electrons. The van der Waals surface area contributed by atoms with Gasteiger partial charge < -0.3 is 10.2 Å². The number of nitrogens with one attached hydrogen (secondary N) is 1. The minimum absolute atomic E-state index is 0.103. The van der Waals surface area contributed by atoms with Crippen molar-refractivity contribution in [1.29, 1.82) is 0 Å². The van der Waals surface area contributed by atoms with E-state index < -0.39 is 34.3 Å². The number of benzene rings is 3. The summed E-state index contributed by atoms with van der Waals surface area (Å²) >= 11 is 0. The van der Waals surface area contributed by atoms with E-state index >= 15 is 0 Å². The third kappa shape index (κ3) is 8.14. The molecular formula is C29H34FN3O4S. The van der Waals surface area contributed by atoms with E-state index in [1.165, 1.54) is 17.0 Å². The van der Waals surface area contributed by atoms with Crippen LogP contribution in [-0.4, -0.2) is 50.0 Å². The molecule has 0 fully saturated rings. The molecule has 38 heavy (non-hydrogen) atoms. The zero-order valence-electron chi connectivity index (χ0n) is 21.9. The van der Waals surface area contributed by atoms with Crippen LogP contribution in [0.5, 0.6) is 0 Å². The van der Waals surface area contributed by atoms with Crippen LogP contribution in [0.15, 0.2) is 84.9 Å². The van der Waals surface area contributed by atoms with Gasteiger partial charge in [0.25, 0.3) is 0 Å². The monoisotopic (exact) mass is 539 g/mol. The van der Waals surface area contributed by atoms with Gasteiger partial charge >= 0.3 is 0 Å². The summed E-state index contributed by atoms with van der Waals surface area (Å²) in [6, 6.07) is 22.5. The van der Waals surface area contributed by atoms with Crippen molar-refractivity contribution in [3.8, 4) is 0 Å². The van der Waals surface area contributed by atoms with E-state index in [-0.39, 0.29) is 30.6 Å². The molecule has 0 saturated carbocycles. The third-order valence-corrected chi connectivity index (χ3v) is 7.40. The number of anilines is 1. The van der Waals surface area contributed by atoms with Crippen molar-refractivity contribution in [3.63, 3.8) is 0 Å². The number of carbonyl (C=O) groups excluding carboxylic acids is 2. The molecule has 0 aliphatic rings. The summed E-state index contributed by atoms with van der Waals surface area (Å²) in [6.45, 7) is 3.41. The molecular weight excluding hydrogens is 505 g/mol. The smallest absolute Gasteiger partial charge is 0.244 e. The number of rotatable bonds is 12. The van der Waals surface area contributed by atoms with Crippen molar-refractivity contribution >= 4 is 27.5 Å². The largest absolute Gasteiger partial charge is 0.352 e. The number of hydrogen-bond donors (Lipinski definition) is 1. The highest BCUT2D eigenvalue weighted by molar-refractivity contribution is 7.92. The maximum absolute atomic E-state index is 13.9. The molecule has 9 heteroatoms. The predicted octanol–water partition coefficient (Wildman–Crippen LogP) is 4.15. The van der Waals surface area contributed by atoms with Crippen LogP contribution in [0.1, 0.15) is 31.4 Å². The van der Waals surface area contributed by atoms with Gasteiger partial charge in [-0.1, -0.05) is 67.6 Å². The Kier molecular flexibility index (Phi) is 10.0. The molecule has 0 unspecified atom stereocenters. The van der Waals surface area contributed by atoms with Crippen LogP contribution >= 0.6 is 0 Å². The molecule has 3 aromatic rings. The van der Waals surface area contributed by atoms with Crippen LogP contribution in [0.3, 0.4) is 0 Å². The molecule has 0 aromatic heterocycles. The Balaban J connectivity index is 2.03. The van der Waals surface area contributed by atoms with Crippen LogP contribution < -0.4 is 9.62 Å². The van der Waals surface area contributed by atoms with Crippen molar-refractivity contribution in [2.24, 2.45) is 0 Å². The lowest BCUT2D eigenvalue weighted by Gasteiger charge is -2.34. The topological polar surface area (TPSA) is 86.8 Å². The maximum Gasteiger partial charge on any atom is 0.244 e. The third-order valence-electron chi connectivity index (χ3n) is 6.26. The zero-order valence-corrected chi connectivity index (χ0v) is 22.7. The van der Waals surface area contributed by atoms with E-state index in [1.54, 1.807) is 0 Å². The Hall–Kier alpha value is -3.72. The average Bonchev–Trinajstić information content (AvgIpc) is 2.90. The lowest BCUT2D eigenvalue weighted by atomic mass is 10.0. The Morgan fingerprint density at radius 2 is 1.45 bits per heavy atom. The summed E-state index contributed by atoms with van der Waals surface area (Å²) in [5, 5.41) is 2.99. The predicted molar refractivity (Wildman–Crippen MR) is 147 cm³/mol. The van der Waals surface area contributed by atoms with E-state index in [4.69, 9.17) is 0 Å². The van der Waals surface area contributed by atoms with Crippen LogP contribution in [0.4, 0.5) is 10.1 Å². The fourth-order valence-electron chi connectivity index (χ4n) is 4.00. The van der Waals surface area contributed by atoms with Crippen LogP contribution in [0.25, 0.3) is 0 Å². The lowest BCUT2D eigenvalue weighted by Crippen LogP contribution is -2.54. The Labute approximate surface area is 224 Å². The number of hydrogen-bond acceptors (Lipinski definition) is 4. The van der Waals surface area contributed by atoms with E-state index in [0.717, 1.165) is 33.8 Å². The zero-order chi connectivity index (χ0) is 27.7. The Morgan fingerprint density at radius 3 is 1.97 bits per heavy atom. The molecule has 0 bridgehead atoms. The van der Waals surface area contributed by atoms with Gasteiger partial charge in [0, 0.05) is 19.0 Å². The van der Waals surface area contributed by atoms with E-state index in [0.29, 0.717) is 6.42 Å². The SMILES string of the molecule is CC[C@H](C)NC(=O)[C@@H](Cc1ccccc1)N(Cc1ccccc1)C(=O)CN(c1ccc(F)cc1)S(C)(=O)=O.